The zero-order valence-electron chi connectivity index (χ0n) is 16.0. The second-order valence-corrected chi connectivity index (χ2v) is 9.49. The largest absolute Gasteiger partial charge is 0.534 e. The summed E-state index contributed by atoms with van der Waals surface area (Å²) < 4.78 is 129. The van der Waals surface area contributed by atoms with Gasteiger partial charge in [-0.2, -0.15) is 43.2 Å². The van der Waals surface area contributed by atoms with E-state index >= 15 is 0 Å². The van der Waals surface area contributed by atoms with E-state index in [-0.39, 0.29) is 34.1 Å². The zero-order valence-corrected chi connectivity index (χ0v) is 17.6. The molecule has 0 aliphatic heterocycles. The van der Waals surface area contributed by atoms with Gasteiger partial charge in [-0.05, 0) is 45.8 Å². The number of carbonyl (C=O) groups excluding carboxylic acids is 2. The number of halogens is 6. The van der Waals surface area contributed by atoms with E-state index in [0.717, 1.165) is 36.4 Å². The normalized spacial score (nSPS) is 13.1. The molecule has 0 saturated carbocycles. The van der Waals surface area contributed by atoms with Crippen molar-refractivity contribution >= 4 is 54.4 Å². The van der Waals surface area contributed by atoms with Gasteiger partial charge in [0, 0.05) is 0 Å². The number of hydrogen-bond donors (Lipinski definition) is 0. The molecule has 0 heterocycles. The molecule has 0 radical (unpaired) electrons. The zero-order chi connectivity index (χ0) is 25.7. The summed E-state index contributed by atoms with van der Waals surface area (Å²) in [5, 5.41) is -0.175. The van der Waals surface area contributed by atoms with Gasteiger partial charge in [-0.15, -0.1) is 0 Å². The Kier molecular flexibility index (Phi) is 6.03. The minimum atomic E-state index is -6.11. The maximum Gasteiger partial charge on any atom is 0.534 e. The van der Waals surface area contributed by atoms with Crippen LogP contribution in [0.1, 0.15) is 20.7 Å². The molecule has 16 heteroatoms. The van der Waals surface area contributed by atoms with Crippen molar-refractivity contribution in [3.8, 4) is 11.5 Å². The van der Waals surface area contributed by atoms with Crippen LogP contribution in [0.2, 0.25) is 0 Å². The van der Waals surface area contributed by atoms with Gasteiger partial charge in [0.05, 0.1) is 11.1 Å². The maximum absolute atomic E-state index is 12.6. The Morgan fingerprint density at radius 1 is 0.559 bits per heavy atom. The number of fused-ring (bicyclic) bond motifs is 3. The highest BCUT2D eigenvalue weighted by Crippen LogP contribution is 2.38. The summed E-state index contributed by atoms with van der Waals surface area (Å²) >= 11 is 0. The predicted octanol–water partition coefficient (Wildman–Crippen LogP) is 4.07. The Hall–Kier alpha value is -3.40. The van der Waals surface area contributed by atoms with E-state index in [1.54, 1.807) is 0 Å². The Morgan fingerprint density at radius 3 is 1.12 bits per heavy atom. The highest BCUT2D eigenvalue weighted by Gasteiger charge is 2.49. The van der Waals surface area contributed by atoms with Crippen molar-refractivity contribution in [3.05, 3.63) is 47.5 Å². The van der Waals surface area contributed by atoms with E-state index in [1.165, 1.54) is 0 Å². The third kappa shape index (κ3) is 4.25. The van der Waals surface area contributed by atoms with Gasteiger partial charge < -0.3 is 8.37 Å². The number of rotatable bonds is 6. The molecule has 0 saturated heterocycles. The molecule has 0 N–H and O–H groups in total. The van der Waals surface area contributed by atoms with Crippen molar-refractivity contribution in [2.75, 3.05) is 0 Å². The Bertz CT molecular complexity index is 1420. The predicted molar refractivity (Wildman–Crippen MR) is 103 cm³/mol. The molecule has 0 bridgehead atoms. The first-order chi connectivity index (χ1) is 15.5. The highest BCUT2D eigenvalue weighted by atomic mass is 32.2. The van der Waals surface area contributed by atoms with Gasteiger partial charge in [0.2, 0.25) is 0 Å². The van der Waals surface area contributed by atoms with Gasteiger partial charge >= 0.3 is 31.3 Å². The van der Waals surface area contributed by atoms with E-state index in [1.807, 2.05) is 0 Å². The lowest BCUT2D eigenvalue weighted by Crippen LogP contribution is -2.28. The third-order valence-corrected chi connectivity index (χ3v) is 6.33. The summed E-state index contributed by atoms with van der Waals surface area (Å²) in [5.74, 6) is -1.91. The number of benzene rings is 3. The van der Waals surface area contributed by atoms with Crippen molar-refractivity contribution < 1.29 is 61.1 Å². The Labute approximate surface area is 185 Å². The van der Waals surface area contributed by atoms with Crippen LogP contribution >= 0.6 is 0 Å². The van der Waals surface area contributed by atoms with Crippen molar-refractivity contribution in [2.45, 2.75) is 11.0 Å². The first-order valence-electron chi connectivity index (χ1n) is 8.48. The van der Waals surface area contributed by atoms with Crippen LogP contribution in [0.4, 0.5) is 26.3 Å². The van der Waals surface area contributed by atoms with Crippen molar-refractivity contribution in [2.24, 2.45) is 0 Å². The Balaban J connectivity index is 2.24. The molecule has 0 fully saturated rings. The van der Waals surface area contributed by atoms with Crippen LogP contribution < -0.4 is 8.37 Å². The molecular weight excluding hydrogens is 522 g/mol. The van der Waals surface area contributed by atoms with Gasteiger partial charge in [-0.3, -0.25) is 9.59 Å². The van der Waals surface area contributed by atoms with Gasteiger partial charge in [0.25, 0.3) is 0 Å². The molecule has 0 unspecified atom stereocenters. The minimum Gasteiger partial charge on any atom is -0.375 e. The van der Waals surface area contributed by atoms with Crippen LogP contribution in [0.5, 0.6) is 11.5 Å². The smallest absolute Gasteiger partial charge is 0.375 e. The van der Waals surface area contributed by atoms with E-state index in [0.29, 0.717) is 0 Å². The van der Waals surface area contributed by atoms with E-state index in [2.05, 4.69) is 8.37 Å². The monoisotopic (exact) mass is 530 g/mol. The van der Waals surface area contributed by atoms with Crippen molar-refractivity contribution in [1.29, 1.82) is 0 Å². The van der Waals surface area contributed by atoms with Crippen LogP contribution in [0.15, 0.2) is 36.4 Å². The van der Waals surface area contributed by atoms with Crippen molar-refractivity contribution in [3.63, 3.8) is 0 Å². The summed E-state index contributed by atoms with van der Waals surface area (Å²) in [6.45, 7) is 0. The second-order valence-electron chi connectivity index (χ2n) is 6.41. The molecule has 0 aliphatic rings. The van der Waals surface area contributed by atoms with Gasteiger partial charge in [-0.1, -0.05) is 12.1 Å². The summed E-state index contributed by atoms with van der Waals surface area (Å²) in [4.78, 5) is 23.1. The molecule has 0 atom stereocenters. The molecule has 0 aromatic heterocycles. The highest BCUT2D eigenvalue weighted by molar-refractivity contribution is 7.88. The van der Waals surface area contributed by atoms with Crippen molar-refractivity contribution in [1.82, 2.24) is 0 Å². The van der Waals surface area contributed by atoms with Crippen LogP contribution in [-0.4, -0.2) is 40.4 Å². The molecule has 0 spiro atoms. The maximum atomic E-state index is 12.6. The number of alkyl halides is 6. The van der Waals surface area contributed by atoms with Gasteiger partial charge in [-0.25, -0.2) is 0 Å². The third-order valence-electron chi connectivity index (χ3n) is 4.40. The molecular formula is C18H8F6O8S2. The quantitative estimate of drug-likeness (QED) is 0.154. The molecule has 8 nitrogen and oxygen atoms in total. The summed E-state index contributed by atoms with van der Waals surface area (Å²) in [5.41, 5.74) is -12.8. The number of hydrogen-bond acceptors (Lipinski definition) is 8. The van der Waals surface area contributed by atoms with E-state index in [9.17, 15) is 52.8 Å². The van der Waals surface area contributed by atoms with Gasteiger partial charge in [0.1, 0.15) is 0 Å². The van der Waals surface area contributed by atoms with Crippen LogP contribution in [0, 0.1) is 0 Å². The molecule has 0 aliphatic carbocycles. The molecule has 182 valence electrons. The number of carbonyl (C=O) groups is 2. The molecule has 3 rings (SSSR count). The lowest BCUT2D eigenvalue weighted by molar-refractivity contribution is -0.0504. The molecule has 3 aromatic carbocycles. The fourth-order valence-electron chi connectivity index (χ4n) is 2.95. The van der Waals surface area contributed by atoms with E-state index in [4.69, 9.17) is 0 Å². The lowest BCUT2D eigenvalue weighted by atomic mass is 9.95. The summed E-state index contributed by atoms with van der Waals surface area (Å²) in [6, 6.07) is 5.62. The Morgan fingerprint density at radius 2 is 0.853 bits per heavy atom. The topological polar surface area (TPSA) is 121 Å². The second kappa shape index (κ2) is 8.12. The summed E-state index contributed by atoms with van der Waals surface area (Å²) in [6.07, 6.45) is 0.0346. The molecule has 0 amide bonds. The van der Waals surface area contributed by atoms with Crippen LogP contribution in [0.3, 0.4) is 0 Å². The minimum absolute atomic E-state index is 0.0173. The standard InChI is InChI=1S/C18H8F6O8S2/c19-17(20,21)33(27,28)31-15-5-3-9-10-4-6-16(32-34(29,30)18(22,23)24)14(8-26)12(10)2-1-11(9)13(15)7-25/h1-8H. The first kappa shape index (κ1) is 25.2. The molecule has 34 heavy (non-hydrogen) atoms. The fourth-order valence-corrected chi connectivity index (χ4v) is 3.90. The van der Waals surface area contributed by atoms with Crippen LogP contribution in [-0.2, 0) is 20.2 Å². The lowest BCUT2D eigenvalue weighted by Gasteiger charge is -2.15. The van der Waals surface area contributed by atoms with Crippen LogP contribution in [0.25, 0.3) is 21.5 Å². The first-order valence-corrected chi connectivity index (χ1v) is 11.3. The van der Waals surface area contributed by atoms with E-state index < -0.39 is 53.9 Å². The molecule has 3 aromatic rings. The number of aldehydes is 2. The summed E-state index contributed by atoms with van der Waals surface area (Å²) in [7, 11) is -12.2. The van der Waals surface area contributed by atoms with Gasteiger partial charge in [0.15, 0.2) is 24.1 Å². The average Bonchev–Trinajstić information content (AvgIpc) is 2.70. The fraction of sp³-hybridized carbons (Fsp3) is 0.111. The average molecular weight is 530 g/mol. The SMILES string of the molecule is O=Cc1c(OS(=O)(=O)C(F)(F)F)ccc2c1ccc1c(C=O)c(OS(=O)(=O)C(F)(F)F)ccc12.